The van der Waals surface area contributed by atoms with Crippen molar-refractivity contribution in [2.45, 2.75) is 26.3 Å². The summed E-state index contributed by atoms with van der Waals surface area (Å²) in [4.78, 5) is 24.6. The van der Waals surface area contributed by atoms with Crippen molar-refractivity contribution in [1.29, 1.82) is 0 Å². The lowest BCUT2D eigenvalue weighted by Crippen LogP contribution is -2.32. The Bertz CT molecular complexity index is 834. The van der Waals surface area contributed by atoms with Crippen molar-refractivity contribution in [3.8, 4) is 0 Å². The molecule has 136 valence electrons. The van der Waals surface area contributed by atoms with Gasteiger partial charge in [0.05, 0.1) is 11.3 Å². The van der Waals surface area contributed by atoms with Crippen LogP contribution in [0.3, 0.4) is 0 Å². The van der Waals surface area contributed by atoms with Gasteiger partial charge >= 0.3 is 0 Å². The Labute approximate surface area is 163 Å². The molecule has 0 aromatic heterocycles. The van der Waals surface area contributed by atoms with E-state index in [1.807, 2.05) is 13.8 Å². The summed E-state index contributed by atoms with van der Waals surface area (Å²) in [6, 6.07) is 12.0. The van der Waals surface area contributed by atoms with Crippen molar-refractivity contribution in [3.63, 3.8) is 0 Å². The predicted molar refractivity (Wildman–Crippen MR) is 108 cm³/mol. The van der Waals surface area contributed by atoms with Gasteiger partial charge in [-0.1, -0.05) is 48.3 Å². The van der Waals surface area contributed by atoms with Crippen LogP contribution >= 0.6 is 23.2 Å². The topological polar surface area (TPSA) is 58.2 Å². The number of carbonyl (C=O) groups is 2. The SMILES string of the molecule is CC[C@H](C)NC(=O)c1ccccc1NC(=O)/C=C/c1ccc(Cl)cc1Cl. The molecule has 0 spiro atoms. The van der Waals surface area contributed by atoms with Gasteiger partial charge in [-0.05, 0) is 49.2 Å². The molecule has 0 fully saturated rings. The van der Waals surface area contributed by atoms with Gasteiger partial charge in [0.25, 0.3) is 5.91 Å². The monoisotopic (exact) mass is 390 g/mol. The molecule has 6 heteroatoms. The number of rotatable bonds is 6. The van der Waals surface area contributed by atoms with Crippen molar-refractivity contribution in [2.75, 3.05) is 5.32 Å². The minimum atomic E-state index is -0.361. The molecule has 0 aliphatic carbocycles. The first-order valence-corrected chi connectivity index (χ1v) is 9.00. The van der Waals surface area contributed by atoms with Crippen molar-refractivity contribution < 1.29 is 9.59 Å². The maximum atomic E-state index is 12.4. The van der Waals surface area contributed by atoms with Crippen LogP contribution < -0.4 is 10.6 Å². The number of halogens is 2. The fourth-order valence-corrected chi connectivity index (χ4v) is 2.64. The van der Waals surface area contributed by atoms with Crippen LogP contribution in [0, 0.1) is 0 Å². The van der Waals surface area contributed by atoms with Gasteiger partial charge in [-0.3, -0.25) is 9.59 Å². The number of carbonyl (C=O) groups excluding carboxylic acids is 2. The molecular weight excluding hydrogens is 371 g/mol. The smallest absolute Gasteiger partial charge is 0.253 e. The maximum absolute atomic E-state index is 12.4. The third-order valence-electron chi connectivity index (χ3n) is 3.80. The molecule has 2 N–H and O–H groups in total. The zero-order chi connectivity index (χ0) is 19.1. The highest BCUT2D eigenvalue weighted by Crippen LogP contribution is 2.22. The fraction of sp³-hybridized carbons (Fsp3) is 0.200. The average molecular weight is 391 g/mol. The van der Waals surface area contributed by atoms with Crippen LogP contribution in [0.5, 0.6) is 0 Å². The summed E-state index contributed by atoms with van der Waals surface area (Å²) in [5.74, 6) is -0.584. The van der Waals surface area contributed by atoms with Crippen LogP contribution in [-0.4, -0.2) is 17.9 Å². The van der Waals surface area contributed by atoms with Crippen molar-refractivity contribution >= 4 is 46.8 Å². The summed E-state index contributed by atoms with van der Waals surface area (Å²) in [5.41, 5.74) is 1.54. The lowest BCUT2D eigenvalue weighted by atomic mass is 10.1. The summed E-state index contributed by atoms with van der Waals surface area (Å²) in [5, 5.41) is 6.60. The zero-order valence-corrected chi connectivity index (χ0v) is 16.1. The van der Waals surface area contributed by atoms with E-state index in [0.29, 0.717) is 26.9 Å². The highest BCUT2D eigenvalue weighted by molar-refractivity contribution is 6.35. The van der Waals surface area contributed by atoms with Crippen LogP contribution in [0.2, 0.25) is 10.0 Å². The molecule has 0 unspecified atom stereocenters. The molecule has 4 nitrogen and oxygen atoms in total. The molecule has 0 aliphatic heterocycles. The number of hydrogen-bond donors (Lipinski definition) is 2. The van der Waals surface area contributed by atoms with Crippen molar-refractivity contribution in [2.24, 2.45) is 0 Å². The van der Waals surface area contributed by atoms with Crippen LogP contribution in [0.1, 0.15) is 36.2 Å². The van der Waals surface area contributed by atoms with Crippen LogP contribution in [0.25, 0.3) is 6.08 Å². The Balaban J connectivity index is 2.11. The summed E-state index contributed by atoms with van der Waals surface area (Å²) in [6.45, 7) is 3.92. The number of benzene rings is 2. The van der Waals surface area contributed by atoms with E-state index in [2.05, 4.69) is 10.6 Å². The van der Waals surface area contributed by atoms with Crippen LogP contribution in [-0.2, 0) is 4.79 Å². The van der Waals surface area contributed by atoms with Gasteiger partial charge in [-0.25, -0.2) is 0 Å². The standard InChI is InChI=1S/C20H20Cl2N2O2/c1-3-13(2)23-20(26)16-6-4-5-7-18(16)24-19(25)11-9-14-8-10-15(21)12-17(14)22/h4-13H,3H2,1-2H3,(H,23,26)(H,24,25)/b11-9+/t13-/m0/s1. The predicted octanol–water partition coefficient (Wildman–Crippen LogP) is 5.17. The Morgan fingerprint density at radius 1 is 1.15 bits per heavy atom. The summed E-state index contributed by atoms with van der Waals surface area (Å²) in [6.07, 6.45) is 3.78. The summed E-state index contributed by atoms with van der Waals surface area (Å²) < 4.78 is 0. The van der Waals surface area contributed by atoms with E-state index in [1.165, 1.54) is 6.08 Å². The summed E-state index contributed by atoms with van der Waals surface area (Å²) >= 11 is 11.9. The molecule has 0 aliphatic rings. The molecule has 2 rings (SSSR count). The highest BCUT2D eigenvalue weighted by atomic mass is 35.5. The maximum Gasteiger partial charge on any atom is 0.253 e. The highest BCUT2D eigenvalue weighted by Gasteiger charge is 2.13. The quantitative estimate of drug-likeness (QED) is 0.668. The van der Waals surface area contributed by atoms with Gasteiger partial charge in [0.2, 0.25) is 5.91 Å². The molecule has 0 bridgehead atoms. The van der Waals surface area contributed by atoms with Crippen molar-refractivity contribution in [3.05, 3.63) is 69.7 Å². The molecule has 2 aromatic carbocycles. The van der Waals surface area contributed by atoms with Gasteiger partial charge in [-0.2, -0.15) is 0 Å². The number of nitrogens with one attached hydrogen (secondary N) is 2. The lowest BCUT2D eigenvalue weighted by molar-refractivity contribution is -0.111. The molecule has 0 radical (unpaired) electrons. The molecule has 2 aromatic rings. The molecule has 0 saturated carbocycles. The average Bonchev–Trinajstić information content (AvgIpc) is 2.61. The number of amides is 2. The summed E-state index contributed by atoms with van der Waals surface area (Å²) in [7, 11) is 0. The number of para-hydroxylation sites is 1. The lowest BCUT2D eigenvalue weighted by Gasteiger charge is -2.14. The second kappa shape index (κ2) is 9.41. The van der Waals surface area contributed by atoms with Gasteiger partial charge in [0, 0.05) is 22.2 Å². The normalized spacial score (nSPS) is 12.0. The second-order valence-corrected chi connectivity index (χ2v) is 6.66. The molecule has 0 heterocycles. The minimum absolute atomic E-state index is 0.0539. The van der Waals surface area contributed by atoms with E-state index in [0.717, 1.165) is 6.42 Å². The van der Waals surface area contributed by atoms with Gasteiger partial charge in [-0.15, -0.1) is 0 Å². The third kappa shape index (κ3) is 5.61. The van der Waals surface area contributed by atoms with Crippen molar-refractivity contribution in [1.82, 2.24) is 5.32 Å². The van der Waals surface area contributed by atoms with E-state index in [9.17, 15) is 9.59 Å². The molecule has 0 saturated heterocycles. The zero-order valence-electron chi connectivity index (χ0n) is 14.6. The van der Waals surface area contributed by atoms with Gasteiger partial charge < -0.3 is 10.6 Å². The Morgan fingerprint density at radius 2 is 1.88 bits per heavy atom. The van der Waals surface area contributed by atoms with Gasteiger partial charge in [0.15, 0.2) is 0 Å². The minimum Gasteiger partial charge on any atom is -0.350 e. The Morgan fingerprint density at radius 3 is 2.58 bits per heavy atom. The number of hydrogen-bond acceptors (Lipinski definition) is 2. The van der Waals surface area contributed by atoms with Crippen LogP contribution in [0.15, 0.2) is 48.5 Å². The van der Waals surface area contributed by atoms with E-state index >= 15 is 0 Å². The van der Waals surface area contributed by atoms with E-state index in [-0.39, 0.29) is 17.9 Å². The van der Waals surface area contributed by atoms with E-state index < -0.39 is 0 Å². The molecular formula is C20H20Cl2N2O2. The van der Waals surface area contributed by atoms with E-state index in [4.69, 9.17) is 23.2 Å². The van der Waals surface area contributed by atoms with E-state index in [1.54, 1.807) is 48.5 Å². The Kier molecular flexibility index (Phi) is 7.25. The first kappa shape index (κ1) is 20.0. The second-order valence-electron chi connectivity index (χ2n) is 5.82. The van der Waals surface area contributed by atoms with Gasteiger partial charge in [0.1, 0.15) is 0 Å². The Hall–Kier alpha value is -2.30. The third-order valence-corrected chi connectivity index (χ3v) is 4.36. The first-order valence-electron chi connectivity index (χ1n) is 8.24. The largest absolute Gasteiger partial charge is 0.350 e. The van der Waals surface area contributed by atoms with Crippen LogP contribution in [0.4, 0.5) is 5.69 Å². The molecule has 1 atom stereocenters. The first-order chi connectivity index (χ1) is 12.4. The fourth-order valence-electron chi connectivity index (χ4n) is 2.17. The number of anilines is 1. The molecule has 2 amide bonds. The molecule has 26 heavy (non-hydrogen) atoms.